The van der Waals surface area contributed by atoms with Crippen LogP contribution in [0.3, 0.4) is 0 Å². The van der Waals surface area contributed by atoms with Gasteiger partial charge in [0.2, 0.25) is 0 Å². The van der Waals surface area contributed by atoms with Crippen molar-refractivity contribution in [2.75, 3.05) is 20.7 Å². The number of allylic oxidation sites excluding steroid dienone is 1. The van der Waals surface area contributed by atoms with Gasteiger partial charge in [-0.25, -0.2) is 0 Å². The highest BCUT2D eigenvalue weighted by Gasteiger charge is 2.29. The van der Waals surface area contributed by atoms with E-state index in [1.165, 1.54) is 17.0 Å². The van der Waals surface area contributed by atoms with Gasteiger partial charge in [-0.3, -0.25) is 14.4 Å². The number of halogens is 2. The zero-order valence-electron chi connectivity index (χ0n) is 13.8. The molecule has 8 heteroatoms. The van der Waals surface area contributed by atoms with E-state index in [2.05, 4.69) is 0 Å². The van der Waals surface area contributed by atoms with Crippen LogP contribution >= 0.6 is 23.2 Å². The van der Waals surface area contributed by atoms with Crippen LogP contribution in [0.4, 0.5) is 0 Å². The lowest BCUT2D eigenvalue weighted by Crippen LogP contribution is -2.27. The monoisotopic (exact) mass is 385 g/mol. The normalized spacial score (nSPS) is 14.5. The first-order valence-corrected chi connectivity index (χ1v) is 8.30. The molecule has 0 saturated heterocycles. The third-order valence-electron chi connectivity index (χ3n) is 3.75. The van der Waals surface area contributed by atoms with E-state index in [-0.39, 0.29) is 52.3 Å². The average molecular weight is 386 g/mol. The number of Topliss-reactive ketones (excluding diaryl/α,β-unsaturated/α-hetero) is 2. The molecular formula is C17H17Cl2NO5. The largest absolute Gasteiger partial charge is 0.506 e. The van der Waals surface area contributed by atoms with E-state index in [9.17, 15) is 19.5 Å². The Morgan fingerprint density at radius 1 is 1.20 bits per heavy atom. The Labute approximate surface area is 155 Å². The molecule has 6 nitrogen and oxygen atoms in total. The number of hydrogen-bond acceptors (Lipinski definition) is 5. The summed E-state index contributed by atoms with van der Waals surface area (Å²) in [6.45, 7) is -0.301. The molecular weight excluding hydrogens is 369 g/mol. The molecule has 0 atom stereocenters. The zero-order chi connectivity index (χ0) is 18.7. The molecule has 1 aromatic carbocycles. The number of likely N-dealkylation sites (N-methyl/N-ethyl adjacent to an activating group) is 1. The summed E-state index contributed by atoms with van der Waals surface area (Å²) in [5.74, 6) is -1.66. The lowest BCUT2D eigenvalue weighted by molar-refractivity contribution is -0.130. The first-order valence-electron chi connectivity index (χ1n) is 7.55. The van der Waals surface area contributed by atoms with Gasteiger partial charge in [-0.05, 0) is 18.6 Å². The van der Waals surface area contributed by atoms with Gasteiger partial charge in [0.1, 0.15) is 11.3 Å². The van der Waals surface area contributed by atoms with Crippen molar-refractivity contribution in [3.8, 4) is 5.75 Å². The number of aliphatic hydroxyl groups excluding tert-OH is 1. The fraction of sp³-hybridized carbons (Fsp3) is 0.353. The van der Waals surface area contributed by atoms with E-state index in [1.807, 2.05) is 0 Å². The summed E-state index contributed by atoms with van der Waals surface area (Å²) in [6.07, 6.45) is 0.845. The molecule has 1 aromatic rings. The van der Waals surface area contributed by atoms with Crippen LogP contribution in [0.25, 0.3) is 5.76 Å². The second-order valence-corrected chi connectivity index (χ2v) is 6.52. The van der Waals surface area contributed by atoms with Gasteiger partial charge in [-0.1, -0.05) is 23.2 Å². The molecule has 0 unspecified atom stereocenters. The predicted octanol–water partition coefficient (Wildman–Crippen LogP) is 3.05. The van der Waals surface area contributed by atoms with Crippen LogP contribution in [0.2, 0.25) is 10.0 Å². The van der Waals surface area contributed by atoms with E-state index in [4.69, 9.17) is 27.9 Å². The van der Waals surface area contributed by atoms with Crippen LogP contribution in [0.15, 0.2) is 17.7 Å². The van der Waals surface area contributed by atoms with E-state index in [0.29, 0.717) is 6.42 Å². The molecule has 0 aromatic heterocycles. The molecule has 25 heavy (non-hydrogen) atoms. The SMILES string of the molecule is CN(C)C(=O)COc1c(Cl)ccc(C(O)=C2C(=O)CCCC2=O)c1Cl. The number of rotatable bonds is 4. The molecule has 1 aliphatic carbocycles. The summed E-state index contributed by atoms with van der Waals surface area (Å²) in [6, 6.07) is 2.80. The predicted molar refractivity (Wildman–Crippen MR) is 94.1 cm³/mol. The maximum absolute atomic E-state index is 12.0. The summed E-state index contributed by atoms with van der Waals surface area (Å²) in [5, 5.41) is 10.5. The number of carbonyl (C=O) groups excluding carboxylic acids is 3. The minimum atomic E-state index is -0.500. The van der Waals surface area contributed by atoms with Crippen molar-refractivity contribution in [2.45, 2.75) is 19.3 Å². The minimum absolute atomic E-state index is 0.00103. The molecule has 2 rings (SSSR count). The van der Waals surface area contributed by atoms with Crippen molar-refractivity contribution < 1.29 is 24.2 Å². The van der Waals surface area contributed by atoms with Gasteiger partial charge >= 0.3 is 0 Å². The third-order valence-corrected chi connectivity index (χ3v) is 4.42. The van der Waals surface area contributed by atoms with Gasteiger partial charge in [0.25, 0.3) is 5.91 Å². The molecule has 1 N–H and O–H groups in total. The Morgan fingerprint density at radius 3 is 2.36 bits per heavy atom. The molecule has 0 aliphatic heterocycles. The van der Waals surface area contributed by atoms with E-state index in [0.717, 1.165) is 0 Å². The van der Waals surface area contributed by atoms with Crippen LogP contribution < -0.4 is 4.74 Å². The second-order valence-electron chi connectivity index (χ2n) is 5.74. The first kappa shape index (κ1) is 19.3. The number of benzene rings is 1. The number of nitrogens with zero attached hydrogens (tertiary/aromatic N) is 1. The molecule has 1 saturated carbocycles. The number of amides is 1. The Balaban J connectivity index is 2.43. The molecule has 0 radical (unpaired) electrons. The topological polar surface area (TPSA) is 83.9 Å². The highest BCUT2D eigenvalue weighted by atomic mass is 35.5. The Morgan fingerprint density at radius 2 is 1.80 bits per heavy atom. The molecule has 0 spiro atoms. The lowest BCUT2D eigenvalue weighted by atomic mass is 9.90. The van der Waals surface area contributed by atoms with Crippen molar-refractivity contribution in [1.82, 2.24) is 4.90 Å². The van der Waals surface area contributed by atoms with Crippen molar-refractivity contribution in [1.29, 1.82) is 0 Å². The van der Waals surface area contributed by atoms with Crippen LogP contribution in [0.1, 0.15) is 24.8 Å². The van der Waals surface area contributed by atoms with Crippen LogP contribution in [0.5, 0.6) is 5.75 Å². The maximum atomic E-state index is 12.0. The average Bonchev–Trinajstić information content (AvgIpc) is 2.54. The molecule has 1 amide bonds. The van der Waals surface area contributed by atoms with Crippen LogP contribution in [-0.4, -0.2) is 48.2 Å². The van der Waals surface area contributed by atoms with Gasteiger partial charge in [0.15, 0.2) is 23.9 Å². The molecule has 1 fully saturated rings. The quantitative estimate of drug-likeness (QED) is 0.489. The minimum Gasteiger partial charge on any atom is -0.506 e. The van der Waals surface area contributed by atoms with Crippen LogP contribution in [0, 0.1) is 0 Å². The van der Waals surface area contributed by atoms with Gasteiger partial charge in [0.05, 0.1) is 10.0 Å². The fourth-order valence-electron chi connectivity index (χ4n) is 2.32. The number of ether oxygens (including phenoxy) is 1. The smallest absolute Gasteiger partial charge is 0.259 e. The standard InChI is InChI=1S/C17H17Cl2NO5/c1-20(2)13(23)8-25-17-10(18)7-6-9(15(17)19)16(24)14-11(21)4-3-5-12(14)22/h6-7,24H,3-5,8H2,1-2H3. The Bertz CT molecular complexity index is 753. The Kier molecular flexibility index (Phi) is 6.08. The maximum Gasteiger partial charge on any atom is 0.259 e. The highest BCUT2D eigenvalue weighted by Crippen LogP contribution is 2.39. The summed E-state index contributed by atoms with van der Waals surface area (Å²) >= 11 is 12.3. The second kappa shape index (κ2) is 7.89. The van der Waals surface area contributed by atoms with Gasteiger partial charge < -0.3 is 14.7 Å². The van der Waals surface area contributed by atoms with E-state index in [1.54, 1.807) is 14.1 Å². The van der Waals surface area contributed by atoms with Gasteiger partial charge in [-0.2, -0.15) is 0 Å². The summed E-state index contributed by atoms with van der Waals surface area (Å²) in [7, 11) is 3.14. The number of hydrogen-bond donors (Lipinski definition) is 1. The van der Waals surface area contributed by atoms with Crippen molar-refractivity contribution in [2.24, 2.45) is 0 Å². The summed E-state index contributed by atoms with van der Waals surface area (Å²) < 4.78 is 5.36. The van der Waals surface area contributed by atoms with Crippen molar-refractivity contribution in [3.63, 3.8) is 0 Å². The third kappa shape index (κ3) is 4.14. The zero-order valence-corrected chi connectivity index (χ0v) is 15.3. The van der Waals surface area contributed by atoms with Crippen molar-refractivity contribution >= 4 is 46.4 Å². The summed E-state index contributed by atoms with van der Waals surface area (Å²) in [4.78, 5) is 37.0. The molecule has 0 heterocycles. The molecule has 0 bridgehead atoms. The number of carbonyl (C=O) groups is 3. The van der Waals surface area contributed by atoms with Crippen LogP contribution in [-0.2, 0) is 14.4 Å². The lowest BCUT2D eigenvalue weighted by Gasteiger charge is -2.17. The molecule has 1 aliphatic rings. The first-order chi connectivity index (χ1) is 11.7. The van der Waals surface area contributed by atoms with Crippen molar-refractivity contribution in [3.05, 3.63) is 33.3 Å². The van der Waals surface area contributed by atoms with Gasteiger partial charge in [0, 0.05) is 32.5 Å². The number of aliphatic hydroxyl groups is 1. The fourth-order valence-corrected chi connectivity index (χ4v) is 2.89. The molecule has 134 valence electrons. The van der Waals surface area contributed by atoms with Gasteiger partial charge in [-0.15, -0.1) is 0 Å². The summed E-state index contributed by atoms with van der Waals surface area (Å²) in [5.41, 5.74) is -0.206. The van der Waals surface area contributed by atoms with E-state index < -0.39 is 17.3 Å². The van der Waals surface area contributed by atoms with E-state index >= 15 is 0 Å². The number of ketones is 2. The Hall–Kier alpha value is -2.05. The highest BCUT2D eigenvalue weighted by molar-refractivity contribution is 6.38.